The largest absolute Gasteiger partial charge is 0.417 e. The molecule has 2 aromatic rings. The van der Waals surface area contributed by atoms with E-state index in [0.717, 1.165) is 31.8 Å². The number of nitrogens with zero attached hydrogens (tertiary/aromatic N) is 3. The Labute approximate surface area is 185 Å². The topological polar surface area (TPSA) is 106 Å². The van der Waals surface area contributed by atoms with Crippen LogP contribution in [0, 0.1) is 0 Å². The molecule has 1 saturated heterocycles. The number of halogens is 3. The summed E-state index contributed by atoms with van der Waals surface area (Å²) >= 11 is 0. The summed E-state index contributed by atoms with van der Waals surface area (Å²) in [4.78, 5) is 18.3. The number of nitrogens with one attached hydrogen (secondary N) is 3. The van der Waals surface area contributed by atoms with Gasteiger partial charge in [-0.25, -0.2) is 4.98 Å². The third-order valence-electron chi connectivity index (χ3n) is 5.75. The predicted octanol–water partition coefficient (Wildman–Crippen LogP) is 2.91. The van der Waals surface area contributed by atoms with E-state index in [-0.39, 0.29) is 35.3 Å². The Morgan fingerprint density at radius 2 is 1.97 bits per heavy atom. The van der Waals surface area contributed by atoms with Crippen molar-refractivity contribution in [2.75, 3.05) is 31.6 Å². The summed E-state index contributed by atoms with van der Waals surface area (Å²) in [5.74, 6) is -0.0226. The number of hydrogen-bond donors (Lipinski definition) is 4. The van der Waals surface area contributed by atoms with Crippen molar-refractivity contribution in [3.05, 3.63) is 17.8 Å². The molecule has 1 aliphatic heterocycles. The molecule has 8 nitrogen and oxygen atoms in total. The maximum Gasteiger partial charge on any atom is 0.417 e. The molecule has 0 bridgehead atoms. The van der Waals surface area contributed by atoms with Crippen molar-refractivity contribution >= 4 is 22.8 Å². The summed E-state index contributed by atoms with van der Waals surface area (Å²) < 4.78 is 38.6. The van der Waals surface area contributed by atoms with Gasteiger partial charge in [-0.3, -0.25) is 14.8 Å². The highest BCUT2D eigenvalue weighted by atomic mass is 19.4. The van der Waals surface area contributed by atoms with Crippen LogP contribution in [0.2, 0.25) is 0 Å². The van der Waals surface area contributed by atoms with Crippen molar-refractivity contribution < 1.29 is 23.1 Å². The van der Waals surface area contributed by atoms with E-state index in [1.807, 2.05) is 6.92 Å². The van der Waals surface area contributed by atoms with Crippen LogP contribution in [0.25, 0.3) is 11.0 Å². The third kappa shape index (κ3) is 6.32. The standard InChI is InChI=1S/C18H23F3N6O.C3H8O/c19-18(20,21)11-6-14-16(22-7-11)25-26-17(14)23-8-15(28)24-12-9-27(10-12)13-4-2-1-3-5-13;1-2-3-4/h6-7,12-13H,1-5,8-10H2,(H,24,28)(H2,22,23,25,26);4H,2-3H2,1H3. The van der Waals surface area contributed by atoms with Gasteiger partial charge in [-0.1, -0.05) is 26.2 Å². The molecule has 2 aromatic heterocycles. The first-order valence-electron chi connectivity index (χ1n) is 11.1. The Morgan fingerprint density at radius 3 is 2.59 bits per heavy atom. The average molecular weight is 457 g/mol. The first kappa shape index (κ1) is 24.2. The highest BCUT2D eigenvalue weighted by molar-refractivity contribution is 5.90. The minimum absolute atomic E-state index is 0.0594. The lowest BCUT2D eigenvalue weighted by molar-refractivity contribution is -0.137. The molecule has 3 heterocycles. The van der Waals surface area contributed by atoms with Crippen LogP contribution >= 0.6 is 0 Å². The zero-order valence-electron chi connectivity index (χ0n) is 18.2. The van der Waals surface area contributed by atoms with Gasteiger partial charge in [-0.15, -0.1) is 0 Å². The summed E-state index contributed by atoms with van der Waals surface area (Å²) in [5, 5.41) is 20.3. The molecule has 0 radical (unpaired) electrons. The summed E-state index contributed by atoms with van der Waals surface area (Å²) in [6.45, 7) is 3.91. The van der Waals surface area contributed by atoms with Gasteiger partial charge in [0.05, 0.1) is 23.5 Å². The Bertz CT molecular complexity index is 874. The van der Waals surface area contributed by atoms with Crippen LogP contribution in [-0.4, -0.2) is 69.4 Å². The summed E-state index contributed by atoms with van der Waals surface area (Å²) in [5.41, 5.74) is -0.621. The number of carbonyl (C=O) groups is 1. The van der Waals surface area contributed by atoms with Gasteiger partial charge >= 0.3 is 6.18 Å². The van der Waals surface area contributed by atoms with Crippen LogP contribution < -0.4 is 10.6 Å². The smallest absolute Gasteiger partial charge is 0.396 e. The fourth-order valence-corrected chi connectivity index (χ4v) is 3.98. The second-order valence-corrected chi connectivity index (χ2v) is 8.28. The molecule has 4 rings (SSSR count). The average Bonchev–Trinajstić information content (AvgIpc) is 3.17. The molecule has 32 heavy (non-hydrogen) atoms. The van der Waals surface area contributed by atoms with Crippen molar-refractivity contribution in [2.45, 2.75) is 63.7 Å². The maximum atomic E-state index is 12.9. The molecule has 1 aliphatic carbocycles. The Kier molecular flexibility index (Phi) is 8.30. The maximum absolute atomic E-state index is 12.9. The van der Waals surface area contributed by atoms with Gasteiger partial charge in [0.1, 0.15) is 0 Å². The second kappa shape index (κ2) is 11.0. The van der Waals surface area contributed by atoms with Gasteiger partial charge in [0.2, 0.25) is 5.91 Å². The van der Waals surface area contributed by atoms with E-state index in [0.29, 0.717) is 12.6 Å². The molecule has 2 fully saturated rings. The van der Waals surface area contributed by atoms with Gasteiger partial charge in [-0.05, 0) is 25.3 Å². The van der Waals surface area contributed by atoms with Gasteiger partial charge in [0.15, 0.2) is 11.5 Å². The van der Waals surface area contributed by atoms with E-state index in [9.17, 15) is 18.0 Å². The molecule has 0 aromatic carbocycles. The lowest BCUT2D eigenvalue weighted by atomic mass is 9.91. The molecule has 2 aliphatic rings. The van der Waals surface area contributed by atoms with Crippen molar-refractivity contribution in [3.63, 3.8) is 0 Å². The number of rotatable bonds is 6. The Morgan fingerprint density at radius 1 is 1.28 bits per heavy atom. The molecular formula is C21H31F3N6O2. The number of hydrogen-bond acceptors (Lipinski definition) is 6. The number of aliphatic hydroxyl groups excluding tert-OH is 1. The number of H-pyrrole nitrogens is 1. The number of carbonyl (C=O) groups excluding carboxylic acids is 1. The van der Waals surface area contributed by atoms with E-state index in [1.165, 1.54) is 32.1 Å². The van der Waals surface area contributed by atoms with E-state index in [1.54, 1.807) is 0 Å². The minimum atomic E-state index is -4.48. The van der Waals surface area contributed by atoms with Crippen molar-refractivity contribution in [2.24, 2.45) is 0 Å². The van der Waals surface area contributed by atoms with Crippen LogP contribution in [-0.2, 0) is 11.0 Å². The van der Waals surface area contributed by atoms with Crippen LogP contribution in [0.15, 0.2) is 12.3 Å². The number of amides is 1. The molecule has 1 saturated carbocycles. The molecule has 1 amide bonds. The molecule has 0 atom stereocenters. The number of aromatic amines is 1. The van der Waals surface area contributed by atoms with Crippen LogP contribution in [0.1, 0.15) is 51.0 Å². The lowest BCUT2D eigenvalue weighted by Crippen LogP contribution is -2.62. The number of anilines is 1. The van der Waals surface area contributed by atoms with Crippen molar-refractivity contribution in [1.29, 1.82) is 0 Å². The number of likely N-dealkylation sites (tertiary alicyclic amines) is 1. The van der Waals surface area contributed by atoms with Gasteiger partial charge in [-0.2, -0.15) is 18.3 Å². The fraction of sp³-hybridized carbons (Fsp3) is 0.667. The number of aliphatic hydroxyl groups is 1. The number of pyridine rings is 1. The second-order valence-electron chi connectivity index (χ2n) is 8.28. The highest BCUT2D eigenvalue weighted by Crippen LogP contribution is 2.31. The highest BCUT2D eigenvalue weighted by Gasteiger charge is 2.34. The van der Waals surface area contributed by atoms with Gasteiger partial charge in [0.25, 0.3) is 0 Å². The number of alkyl halides is 3. The van der Waals surface area contributed by atoms with Crippen LogP contribution in [0.3, 0.4) is 0 Å². The SMILES string of the molecule is CCCO.O=C(CNc1n[nH]c2ncc(C(F)(F)F)cc12)NC1CN(C2CCCCC2)C1. The molecule has 11 heteroatoms. The summed E-state index contributed by atoms with van der Waals surface area (Å²) in [7, 11) is 0. The minimum Gasteiger partial charge on any atom is -0.396 e. The van der Waals surface area contributed by atoms with E-state index in [4.69, 9.17) is 5.11 Å². The monoisotopic (exact) mass is 456 g/mol. The predicted molar refractivity (Wildman–Crippen MR) is 115 cm³/mol. The zero-order chi connectivity index (χ0) is 23.1. The van der Waals surface area contributed by atoms with Crippen LogP contribution in [0.4, 0.5) is 19.0 Å². The normalized spacial score (nSPS) is 18.0. The van der Waals surface area contributed by atoms with E-state index >= 15 is 0 Å². The fourth-order valence-electron chi connectivity index (χ4n) is 3.98. The van der Waals surface area contributed by atoms with Crippen molar-refractivity contribution in [1.82, 2.24) is 25.4 Å². The number of fused-ring (bicyclic) bond motifs is 1. The van der Waals surface area contributed by atoms with Crippen molar-refractivity contribution in [3.8, 4) is 0 Å². The first-order valence-corrected chi connectivity index (χ1v) is 11.1. The summed E-state index contributed by atoms with van der Waals surface area (Å²) in [6, 6.07) is 1.75. The Hall–Kier alpha value is -2.40. The summed E-state index contributed by atoms with van der Waals surface area (Å²) in [6.07, 6.45) is 3.51. The molecule has 4 N–H and O–H groups in total. The molecule has 178 valence electrons. The molecule has 0 spiro atoms. The lowest BCUT2D eigenvalue weighted by Gasteiger charge is -2.45. The number of aromatic nitrogens is 3. The zero-order valence-corrected chi connectivity index (χ0v) is 18.2. The molecular weight excluding hydrogens is 425 g/mol. The van der Waals surface area contributed by atoms with Gasteiger partial charge < -0.3 is 15.7 Å². The van der Waals surface area contributed by atoms with E-state index < -0.39 is 11.7 Å². The third-order valence-corrected chi connectivity index (χ3v) is 5.75. The van der Waals surface area contributed by atoms with E-state index in [2.05, 4.69) is 30.7 Å². The van der Waals surface area contributed by atoms with Crippen LogP contribution in [0.5, 0.6) is 0 Å². The molecule has 0 unspecified atom stereocenters. The Balaban J connectivity index is 0.000000668. The van der Waals surface area contributed by atoms with Gasteiger partial charge in [0, 0.05) is 31.9 Å². The quantitative estimate of drug-likeness (QED) is 0.533. The first-order chi connectivity index (χ1) is 15.3.